The quantitative estimate of drug-likeness (QED) is 0.345. The molecule has 0 aliphatic carbocycles. The highest BCUT2D eigenvalue weighted by Crippen LogP contribution is 2.18. The molecule has 138 valence electrons. The van der Waals surface area contributed by atoms with Gasteiger partial charge in [0.05, 0.1) is 11.2 Å². The van der Waals surface area contributed by atoms with Crippen LogP contribution in [0.15, 0.2) is 91.8 Å². The average molecular weight is 368 g/mol. The third kappa shape index (κ3) is 3.71. The first-order chi connectivity index (χ1) is 13.7. The van der Waals surface area contributed by atoms with E-state index in [1.54, 1.807) is 30.3 Å². The second kappa shape index (κ2) is 7.92. The van der Waals surface area contributed by atoms with Crippen molar-refractivity contribution < 1.29 is 9.53 Å². The fraction of sp³-hybridized carbons (Fsp3) is 0.0833. The van der Waals surface area contributed by atoms with Crippen molar-refractivity contribution in [3.8, 4) is 5.75 Å². The number of aromatic nitrogens is 2. The normalized spacial score (nSPS) is 10.7. The van der Waals surface area contributed by atoms with Crippen LogP contribution in [0.3, 0.4) is 0 Å². The van der Waals surface area contributed by atoms with E-state index in [1.807, 2.05) is 53.4 Å². The molecule has 0 bridgehead atoms. The zero-order valence-corrected chi connectivity index (χ0v) is 15.4. The van der Waals surface area contributed by atoms with E-state index in [2.05, 4.69) is 17.6 Å². The molecule has 4 heteroatoms. The molecular weight excluding hydrogens is 348 g/mol. The molecule has 4 nitrogen and oxygen atoms in total. The number of hydrogen-bond acceptors (Lipinski definition) is 3. The number of ether oxygens (including phenoxy) is 1. The van der Waals surface area contributed by atoms with Gasteiger partial charge in [-0.15, -0.1) is 0 Å². The lowest BCUT2D eigenvalue weighted by molar-refractivity contribution is 0.103. The van der Waals surface area contributed by atoms with Crippen molar-refractivity contribution in [3.05, 3.63) is 109 Å². The number of pyridine rings is 1. The Hall–Kier alpha value is -3.66. The number of hydrogen-bond donors (Lipinski definition) is 0. The van der Waals surface area contributed by atoms with E-state index >= 15 is 0 Å². The van der Waals surface area contributed by atoms with Gasteiger partial charge in [0.25, 0.3) is 0 Å². The Morgan fingerprint density at radius 1 is 1.07 bits per heavy atom. The summed E-state index contributed by atoms with van der Waals surface area (Å²) in [5.41, 5.74) is 3.29. The van der Waals surface area contributed by atoms with Crippen LogP contribution in [0, 0.1) is 0 Å². The van der Waals surface area contributed by atoms with Crippen LogP contribution in [0.1, 0.15) is 21.6 Å². The van der Waals surface area contributed by atoms with Crippen LogP contribution in [0.4, 0.5) is 0 Å². The van der Waals surface area contributed by atoms with Crippen molar-refractivity contribution in [2.75, 3.05) is 6.61 Å². The minimum atomic E-state index is -0.0194. The number of benzene rings is 2. The molecule has 0 spiro atoms. The minimum absolute atomic E-state index is 0.0194. The molecule has 0 unspecified atom stereocenters. The molecule has 2 aromatic heterocycles. The maximum atomic E-state index is 13.0. The summed E-state index contributed by atoms with van der Waals surface area (Å²) in [6.07, 6.45) is 5.47. The monoisotopic (exact) mass is 368 g/mol. The molecule has 0 saturated heterocycles. The van der Waals surface area contributed by atoms with Crippen LogP contribution >= 0.6 is 0 Å². The highest BCUT2D eigenvalue weighted by atomic mass is 16.5. The van der Waals surface area contributed by atoms with Gasteiger partial charge in [-0.3, -0.25) is 9.78 Å². The highest BCUT2D eigenvalue weighted by Gasteiger charge is 2.14. The highest BCUT2D eigenvalue weighted by molar-refractivity contribution is 6.08. The van der Waals surface area contributed by atoms with Gasteiger partial charge in [-0.1, -0.05) is 30.9 Å². The topological polar surface area (TPSA) is 44.1 Å². The van der Waals surface area contributed by atoms with E-state index < -0.39 is 0 Å². The number of ketones is 1. The van der Waals surface area contributed by atoms with Crippen molar-refractivity contribution in [1.82, 2.24) is 9.55 Å². The number of carbonyl (C=O) groups is 1. The molecule has 0 fully saturated rings. The summed E-state index contributed by atoms with van der Waals surface area (Å²) < 4.78 is 7.43. The van der Waals surface area contributed by atoms with Gasteiger partial charge in [-0.05, 0) is 54.1 Å². The summed E-state index contributed by atoms with van der Waals surface area (Å²) in [7, 11) is 0. The van der Waals surface area contributed by atoms with Crippen LogP contribution < -0.4 is 4.74 Å². The Bertz CT molecular complexity index is 1130. The SMILES string of the molecule is C=CCOc1ccc(C(=O)c2cccn2Cc2cnc3ccccc3c2)cc1. The molecule has 2 aromatic carbocycles. The van der Waals surface area contributed by atoms with E-state index in [4.69, 9.17) is 4.74 Å². The Morgan fingerprint density at radius 3 is 2.71 bits per heavy atom. The fourth-order valence-corrected chi connectivity index (χ4v) is 3.16. The molecule has 4 aromatic rings. The third-order valence-corrected chi connectivity index (χ3v) is 4.55. The molecule has 2 heterocycles. The maximum Gasteiger partial charge on any atom is 0.209 e. The number of nitrogens with zero attached hydrogens (tertiary/aromatic N) is 2. The molecule has 4 rings (SSSR count). The van der Waals surface area contributed by atoms with Crippen molar-refractivity contribution in [2.24, 2.45) is 0 Å². The number of para-hydroxylation sites is 1. The standard InChI is InChI=1S/C24H20N2O2/c1-2-14-28-21-11-9-19(10-12-21)24(27)23-8-5-13-26(23)17-18-15-20-6-3-4-7-22(20)25-16-18/h2-13,15-16H,1,14,17H2. The molecule has 0 aliphatic rings. The molecular formula is C24H20N2O2. The zero-order valence-electron chi connectivity index (χ0n) is 15.4. The molecule has 0 saturated carbocycles. The van der Waals surface area contributed by atoms with Gasteiger partial charge in [0.1, 0.15) is 12.4 Å². The lowest BCUT2D eigenvalue weighted by Crippen LogP contribution is -2.10. The van der Waals surface area contributed by atoms with Crippen molar-refractivity contribution >= 4 is 16.7 Å². The van der Waals surface area contributed by atoms with Gasteiger partial charge < -0.3 is 9.30 Å². The summed E-state index contributed by atoms with van der Waals surface area (Å²) in [6, 6.07) is 21.0. The summed E-state index contributed by atoms with van der Waals surface area (Å²) in [5.74, 6) is 0.697. The number of fused-ring (bicyclic) bond motifs is 1. The summed E-state index contributed by atoms with van der Waals surface area (Å²) in [6.45, 7) is 4.66. The van der Waals surface area contributed by atoms with E-state index in [0.717, 1.165) is 16.5 Å². The first kappa shape index (κ1) is 17.7. The van der Waals surface area contributed by atoms with Crippen LogP contribution in [0.25, 0.3) is 10.9 Å². The predicted molar refractivity (Wildman–Crippen MR) is 111 cm³/mol. The Kier molecular flexibility index (Phi) is 5.02. The van der Waals surface area contributed by atoms with Gasteiger partial charge in [-0.25, -0.2) is 0 Å². The predicted octanol–water partition coefficient (Wildman–Crippen LogP) is 4.88. The fourth-order valence-electron chi connectivity index (χ4n) is 3.16. The summed E-state index contributed by atoms with van der Waals surface area (Å²) in [4.78, 5) is 17.5. The van der Waals surface area contributed by atoms with Gasteiger partial charge in [0.2, 0.25) is 5.78 Å². The molecule has 0 atom stereocenters. The van der Waals surface area contributed by atoms with Crippen LogP contribution in [0.5, 0.6) is 5.75 Å². The van der Waals surface area contributed by atoms with Crippen LogP contribution in [0.2, 0.25) is 0 Å². The molecule has 28 heavy (non-hydrogen) atoms. The molecule has 0 aliphatic heterocycles. The lowest BCUT2D eigenvalue weighted by Gasteiger charge is -2.10. The second-order valence-corrected chi connectivity index (χ2v) is 6.51. The smallest absolute Gasteiger partial charge is 0.209 e. The van der Waals surface area contributed by atoms with Crippen LogP contribution in [-0.4, -0.2) is 21.9 Å². The van der Waals surface area contributed by atoms with Crippen molar-refractivity contribution in [3.63, 3.8) is 0 Å². The summed E-state index contributed by atoms with van der Waals surface area (Å²) in [5, 5.41) is 1.09. The van der Waals surface area contributed by atoms with Crippen LogP contribution in [-0.2, 0) is 6.54 Å². The largest absolute Gasteiger partial charge is 0.490 e. The lowest BCUT2D eigenvalue weighted by atomic mass is 10.1. The van der Waals surface area contributed by atoms with Gasteiger partial charge in [0.15, 0.2) is 0 Å². The number of carbonyl (C=O) groups excluding carboxylic acids is 1. The van der Waals surface area contributed by atoms with E-state index in [9.17, 15) is 4.79 Å². The second-order valence-electron chi connectivity index (χ2n) is 6.51. The molecule has 0 N–H and O–H groups in total. The Labute approximate surface area is 163 Å². The third-order valence-electron chi connectivity index (χ3n) is 4.55. The Balaban J connectivity index is 1.56. The zero-order chi connectivity index (χ0) is 19.3. The molecule has 0 radical (unpaired) electrons. The Morgan fingerprint density at radius 2 is 1.89 bits per heavy atom. The number of rotatable bonds is 7. The van der Waals surface area contributed by atoms with Crippen molar-refractivity contribution in [2.45, 2.75) is 6.54 Å². The first-order valence-electron chi connectivity index (χ1n) is 9.12. The van der Waals surface area contributed by atoms with Gasteiger partial charge in [-0.2, -0.15) is 0 Å². The van der Waals surface area contributed by atoms with Gasteiger partial charge >= 0.3 is 0 Å². The van der Waals surface area contributed by atoms with E-state index in [0.29, 0.717) is 30.2 Å². The van der Waals surface area contributed by atoms with E-state index in [1.165, 1.54) is 0 Å². The first-order valence-corrected chi connectivity index (χ1v) is 9.12. The van der Waals surface area contributed by atoms with Crippen molar-refractivity contribution in [1.29, 1.82) is 0 Å². The maximum absolute atomic E-state index is 13.0. The van der Waals surface area contributed by atoms with Gasteiger partial charge in [0, 0.05) is 29.9 Å². The average Bonchev–Trinajstić information content (AvgIpc) is 3.20. The molecule has 0 amide bonds. The summed E-state index contributed by atoms with van der Waals surface area (Å²) >= 11 is 0. The van der Waals surface area contributed by atoms with E-state index in [-0.39, 0.29) is 5.78 Å². The minimum Gasteiger partial charge on any atom is -0.490 e.